The number of hydrogen-bond donors (Lipinski definition) is 0. The fourth-order valence-electron chi connectivity index (χ4n) is 1.03. The van der Waals surface area contributed by atoms with E-state index in [0.29, 0.717) is 0 Å². The summed E-state index contributed by atoms with van der Waals surface area (Å²) in [6.07, 6.45) is 0. The lowest BCUT2D eigenvalue weighted by molar-refractivity contribution is 1.50. The third kappa shape index (κ3) is 7.87. The molecule has 0 aliphatic carbocycles. The molecule has 2 aromatic carbocycles. The third-order valence-electron chi connectivity index (χ3n) is 1.80. The Morgan fingerprint density at radius 3 is 1.19 bits per heavy atom. The lowest BCUT2D eigenvalue weighted by Crippen LogP contribution is -2.07. The highest BCUT2D eigenvalue weighted by Crippen LogP contribution is 1.80. The summed E-state index contributed by atoms with van der Waals surface area (Å²) in [6.45, 7) is 6.04. The Labute approximate surface area is 101 Å². The molecule has 0 spiro atoms. The largest absolute Gasteiger partial charge is 0.148 e. The van der Waals surface area contributed by atoms with Gasteiger partial charge in [0.25, 0.3) is 0 Å². The second kappa shape index (κ2) is 11.6. The van der Waals surface area contributed by atoms with E-state index in [0.717, 1.165) is 0 Å². The van der Waals surface area contributed by atoms with Crippen LogP contribution in [0.5, 0.6) is 0 Å². The quantitative estimate of drug-likeness (QED) is 0.629. The zero-order chi connectivity index (χ0) is 12.1. The van der Waals surface area contributed by atoms with Gasteiger partial charge in [-0.2, -0.15) is 0 Å². The van der Waals surface area contributed by atoms with Crippen molar-refractivity contribution in [3.8, 4) is 0 Å². The maximum atomic E-state index is 2.08. The van der Waals surface area contributed by atoms with E-state index in [-0.39, 0.29) is 0 Å². The minimum atomic E-state index is 1.28. The van der Waals surface area contributed by atoms with Crippen molar-refractivity contribution in [2.24, 2.45) is 0 Å². The topological polar surface area (TPSA) is 0 Å². The predicted molar refractivity (Wildman–Crippen MR) is 75.5 cm³/mol. The average Bonchev–Trinajstić information content (AvgIpc) is 2.44. The zero-order valence-corrected chi connectivity index (χ0v) is 10.4. The Kier molecular flexibility index (Phi) is 10.5. The van der Waals surface area contributed by atoms with Gasteiger partial charge < -0.3 is 0 Å². The van der Waals surface area contributed by atoms with E-state index < -0.39 is 0 Å². The highest BCUT2D eigenvalue weighted by atomic mass is 13.7. The molecule has 0 fully saturated rings. The summed E-state index contributed by atoms with van der Waals surface area (Å²) in [5.74, 6) is 0. The second-order valence-corrected chi connectivity index (χ2v) is 2.85. The summed E-state index contributed by atoms with van der Waals surface area (Å²) in [5, 5.41) is 0. The molecule has 0 atom stereocenters. The molecule has 16 heavy (non-hydrogen) atoms. The Morgan fingerprint density at radius 1 is 0.625 bits per heavy atom. The first-order valence-electron chi connectivity index (χ1n) is 5.78. The van der Waals surface area contributed by atoms with Crippen LogP contribution >= 0.6 is 0 Å². The summed E-state index contributed by atoms with van der Waals surface area (Å²) in [5.41, 5.74) is 1.28. The molecule has 0 aliphatic heterocycles. The molecule has 0 N–H and O–H groups in total. The van der Waals surface area contributed by atoms with Crippen molar-refractivity contribution in [2.45, 2.75) is 20.7 Å². The Bertz CT molecular complexity index is 289. The van der Waals surface area contributed by atoms with Crippen molar-refractivity contribution in [1.29, 1.82) is 0 Å². The normalized spacial score (nSPS) is 7.69. The van der Waals surface area contributed by atoms with E-state index in [1.165, 1.54) is 5.46 Å². The lowest BCUT2D eigenvalue weighted by Gasteiger charge is -1.88. The molecule has 0 saturated carbocycles. The first-order valence-corrected chi connectivity index (χ1v) is 5.78. The van der Waals surface area contributed by atoms with Crippen LogP contribution in [-0.2, 0) is 0 Å². The van der Waals surface area contributed by atoms with E-state index in [1.807, 2.05) is 75.3 Å². The van der Waals surface area contributed by atoms with Crippen molar-refractivity contribution in [3.05, 3.63) is 66.7 Å². The van der Waals surface area contributed by atoms with Gasteiger partial charge in [0.1, 0.15) is 7.28 Å². The molecule has 83 valence electrons. The first kappa shape index (κ1) is 14.5. The van der Waals surface area contributed by atoms with Gasteiger partial charge in [-0.3, -0.25) is 0 Å². The number of benzene rings is 2. The fraction of sp³-hybridized carbons (Fsp3) is 0.200. The smallest absolute Gasteiger partial charge is 0.0881 e. The van der Waals surface area contributed by atoms with E-state index in [9.17, 15) is 0 Å². The van der Waals surface area contributed by atoms with Crippen molar-refractivity contribution in [3.63, 3.8) is 0 Å². The summed E-state index contributed by atoms with van der Waals surface area (Å²) in [4.78, 5) is 0. The van der Waals surface area contributed by atoms with Crippen LogP contribution in [0.3, 0.4) is 0 Å². The second-order valence-electron chi connectivity index (χ2n) is 2.85. The molecule has 0 saturated heterocycles. The van der Waals surface area contributed by atoms with E-state index in [1.54, 1.807) is 0 Å². The molecule has 0 aliphatic rings. The van der Waals surface area contributed by atoms with Crippen molar-refractivity contribution >= 4 is 12.7 Å². The maximum absolute atomic E-state index is 2.08. The monoisotopic (exact) mass is 211 g/mol. The summed E-state index contributed by atoms with van der Waals surface area (Å²) in [6, 6.07) is 22.3. The molecule has 2 aromatic rings. The van der Waals surface area contributed by atoms with Gasteiger partial charge >= 0.3 is 0 Å². The molecule has 0 nitrogen and oxygen atoms in total. The maximum Gasteiger partial charge on any atom is 0.148 e. The molecule has 1 radical (unpaired) electrons. The Morgan fingerprint density at radius 2 is 0.938 bits per heavy atom. The first-order chi connectivity index (χ1) is 7.93. The highest BCUT2D eigenvalue weighted by Gasteiger charge is 1.82. The summed E-state index contributed by atoms with van der Waals surface area (Å²) >= 11 is 0. The lowest BCUT2D eigenvalue weighted by atomic mass is 9.74. The summed E-state index contributed by atoms with van der Waals surface area (Å²) < 4.78 is 0. The van der Waals surface area contributed by atoms with Crippen molar-refractivity contribution in [2.75, 3.05) is 0 Å². The molecule has 0 aromatic heterocycles. The Hall–Kier alpha value is -1.50. The Balaban J connectivity index is 0.000000251. The van der Waals surface area contributed by atoms with Gasteiger partial charge in [-0.15, -0.1) is 0 Å². The predicted octanol–water partition coefficient (Wildman–Crippen LogP) is 3.78. The van der Waals surface area contributed by atoms with Gasteiger partial charge in [0.05, 0.1) is 0 Å². The van der Waals surface area contributed by atoms with Gasteiger partial charge in [-0.1, -0.05) is 92.9 Å². The van der Waals surface area contributed by atoms with Crippen molar-refractivity contribution < 1.29 is 0 Å². The third-order valence-corrected chi connectivity index (χ3v) is 1.80. The van der Waals surface area contributed by atoms with Crippen LogP contribution in [0.2, 0.25) is 6.82 Å². The van der Waals surface area contributed by atoms with E-state index in [4.69, 9.17) is 0 Å². The highest BCUT2D eigenvalue weighted by molar-refractivity contribution is 6.51. The van der Waals surface area contributed by atoms with Crippen LogP contribution in [0.1, 0.15) is 13.8 Å². The van der Waals surface area contributed by atoms with Crippen LogP contribution in [-0.4, -0.2) is 7.28 Å². The SMILES string of the molecule is CC.C[B]c1ccccc1.c1ccccc1. The van der Waals surface area contributed by atoms with Gasteiger partial charge in [-0.25, -0.2) is 0 Å². The van der Waals surface area contributed by atoms with Gasteiger partial charge in [0, 0.05) is 0 Å². The van der Waals surface area contributed by atoms with Gasteiger partial charge in [-0.05, 0) is 0 Å². The van der Waals surface area contributed by atoms with Gasteiger partial charge in [0.2, 0.25) is 0 Å². The molecular formula is C15H20B. The molecule has 1 heteroatoms. The molecule has 0 heterocycles. The fourth-order valence-corrected chi connectivity index (χ4v) is 1.03. The molecular weight excluding hydrogens is 191 g/mol. The average molecular weight is 211 g/mol. The van der Waals surface area contributed by atoms with E-state index in [2.05, 4.69) is 19.4 Å². The molecule has 0 amide bonds. The number of hydrogen-bond acceptors (Lipinski definition) is 0. The van der Waals surface area contributed by atoms with Crippen LogP contribution in [0.25, 0.3) is 0 Å². The van der Waals surface area contributed by atoms with Gasteiger partial charge in [0.15, 0.2) is 0 Å². The van der Waals surface area contributed by atoms with E-state index >= 15 is 0 Å². The number of rotatable bonds is 1. The minimum Gasteiger partial charge on any atom is -0.0881 e. The van der Waals surface area contributed by atoms with Crippen LogP contribution in [0.15, 0.2) is 66.7 Å². The van der Waals surface area contributed by atoms with Crippen LogP contribution in [0, 0.1) is 0 Å². The molecule has 2 rings (SSSR count). The summed E-state index contributed by atoms with van der Waals surface area (Å²) in [7, 11) is 2.08. The van der Waals surface area contributed by atoms with Crippen molar-refractivity contribution in [1.82, 2.24) is 0 Å². The molecule has 0 unspecified atom stereocenters. The minimum absolute atomic E-state index is 1.28. The van der Waals surface area contributed by atoms with Crippen LogP contribution in [0.4, 0.5) is 0 Å². The standard InChI is InChI=1S/C7H8B.C6H6.C2H6/c1-8-7-5-3-2-4-6-7;1-2-4-6-5-3-1;1-2/h2-6H,1H3;1-6H;1-2H3. The zero-order valence-electron chi connectivity index (χ0n) is 10.4. The van der Waals surface area contributed by atoms with Crippen LogP contribution < -0.4 is 5.46 Å². The molecule has 0 bridgehead atoms.